The second-order valence-corrected chi connectivity index (χ2v) is 4.47. The summed E-state index contributed by atoms with van der Waals surface area (Å²) in [6, 6.07) is 14.9. The number of nitro groups is 1. The third-order valence-electron chi connectivity index (χ3n) is 3.26. The number of hydrogen-bond acceptors (Lipinski definition) is 2. The van der Waals surface area contributed by atoms with Gasteiger partial charge in [-0.05, 0) is 30.7 Å². The number of aromatic nitrogens is 1. The molecule has 0 aliphatic carbocycles. The standard InChI is InChI=1S/C15H12N2O2/c1-11-4-2-3-5-14(11)16-9-8-12-10-13(17(18)19)6-7-15(12)16/h2-10H,1H3. The number of fused-ring (bicyclic) bond motifs is 1. The second-order valence-electron chi connectivity index (χ2n) is 4.47. The fourth-order valence-corrected chi connectivity index (χ4v) is 2.29. The number of non-ortho nitro benzene ring substituents is 1. The molecule has 1 aromatic heterocycles. The average molecular weight is 252 g/mol. The van der Waals surface area contributed by atoms with Crippen molar-refractivity contribution < 1.29 is 4.92 Å². The van der Waals surface area contributed by atoms with Gasteiger partial charge >= 0.3 is 0 Å². The molecule has 3 aromatic rings. The van der Waals surface area contributed by atoms with Gasteiger partial charge in [-0.2, -0.15) is 0 Å². The van der Waals surface area contributed by atoms with Gasteiger partial charge < -0.3 is 4.57 Å². The van der Waals surface area contributed by atoms with Gasteiger partial charge in [0.2, 0.25) is 0 Å². The number of nitrogens with zero attached hydrogens (tertiary/aromatic N) is 2. The molecule has 0 unspecified atom stereocenters. The quantitative estimate of drug-likeness (QED) is 0.513. The molecule has 0 N–H and O–H groups in total. The summed E-state index contributed by atoms with van der Waals surface area (Å²) in [5.74, 6) is 0. The van der Waals surface area contributed by atoms with Crippen molar-refractivity contribution in [2.24, 2.45) is 0 Å². The lowest BCUT2D eigenvalue weighted by Crippen LogP contribution is -1.94. The van der Waals surface area contributed by atoms with E-state index in [4.69, 9.17) is 0 Å². The van der Waals surface area contributed by atoms with Crippen molar-refractivity contribution in [1.82, 2.24) is 4.57 Å². The Morgan fingerprint density at radius 2 is 1.89 bits per heavy atom. The Hall–Kier alpha value is -2.62. The second kappa shape index (κ2) is 4.24. The first-order chi connectivity index (χ1) is 9.16. The highest BCUT2D eigenvalue weighted by molar-refractivity contribution is 5.84. The summed E-state index contributed by atoms with van der Waals surface area (Å²) < 4.78 is 2.05. The van der Waals surface area contributed by atoms with Crippen LogP contribution < -0.4 is 0 Å². The molecule has 0 atom stereocenters. The molecule has 0 saturated heterocycles. The predicted octanol–water partition coefficient (Wildman–Crippen LogP) is 3.85. The van der Waals surface area contributed by atoms with Crippen LogP contribution in [0.15, 0.2) is 54.7 Å². The molecule has 0 amide bonds. The maximum atomic E-state index is 10.8. The summed E-state index contributed by atoms with van der Waals surface area (Å²) in [6.07, 6.45) is 1.94. The van der Waals surface area contributed by atoms with Gasteiger partial charge in [-0.1, -0.05) is 18.2 Å². The lowest BCUT2D eigenvalue weighted by Gasteiger charge is -2.08. The van der Waals surface area contributed by atoms with E-state index in [0.717, 1.165) is 16.6 Å². The van der Waals surface area contributed by atoms with Crippen molar-refractivity contribution in [2.45, 2.75) is 6.92 Å². The predicted molar refractivity (Wildman–Crippen MR) is 74.7 cm³/mol. The van der Waals surface area contributed by atoms with E-state index in [0.29, 0.717) is 0 Å². The zero-order chi connectivity index (χ0) is 13.4. The van der Waals surface area contributed by atoms with Crippen LogP contribution in [0.2, 0.25) is 0 Å². The Morgan fingerprint density at radius 3 is 2.63 bits per heavy atom. The van der Waals surface area contributed by atoms with Crippen LogP contribution in [0, 0.1) is 17.0 Å². The molecule has 0 saturated carbocycles. The Balaban J connectivity index is 2.22. The Morgan fingerprint density at radius 1 is 1.11 bits per heavy atom. The molecule has 1 heterocycles. The zero-order valence-electron chi connectivity index (χ0n) is 10.4. The Bertz CT molecular complexity index is 775. The van der Waals surface area contributed by atoms with Crippen LogP contribution in [-0.4, -0.2) is 9.49 Å². The highest BCUT2D eigenvalue weighted by Gasteiger charge is 2.10. The molecule has 4 heteroatoms. The Labute approximate surface area is 110 Å². The van der Waals surface area contributed by atoms with Crippen LogP contribution in [0.1, 0.15) is 5.56 Å². The molecule has 94 valence electrons. The van der Waals surface area contributed by atoms with Crippen LogP contribution in [0.3, 0.4) is 0 Å². The van der Waals surface area contributed by atoms with Crippen molar-refractivity contribution in [3.63, 3.8) is 0 Å². The van der Waals surface area contributed by atoms with E-state index in [1.165, 1.54) is 11.6 Å². The zero-order valence-corrected chi connectivity index (χ0v) is 10.4. The smallest absolute Gasteiger partial charge is 0.270 e. The number of nitro benzene ring substituents is 1. The lowest BCUT2D eigenvalue weighted by atomic mass is 10.2. The fourth-order valence-electron chi connectivity index (χ4n) is 2.29. The van der Waals surface area contributed by atoms with E-state index in [-0.39, 0.29) is 10.6 Å². The molecule has 0 aliphatic rings. The number of para-hydroxylation sites is 1. The van der Waals surface area contributed by atoms with Crippen molar-refractivity contribution in [2.75, 3.05) is 0 Å². The summed E-state index contributed by atoms with van der Waals surface area (Å²) in [6.45, 7) is 2.05. The highest BCUT2D eigenvalue weighted by Crippen LogP contribution is 2.25. The van der Waals surface area contributed by atoms with E-state index >= 15 is 0 Å². The van der Waals surface area contributed by atoms with E-state index in [1.807, 2.05) is 48.0 Å². The summed E-state index contributed by atoms with van der Waals surface area (Å²) in [5, 5.41) is 11.6. The third-order valence-corrected chi connectivity index (χ3v) is 3.26. The van der Waals surface area contributed by atoms with Crippen molar-refractivity contribution >= 4 is 16.6 Å². The molecule has 0 fully saturated rings. The topological polar surface area (TPSA) is 48.1 Å². The third kappa shape index (κ3) is 1.87. The van der Waals surface area contributed by atoms with E-state index in [2.05, 4.69) is 0 Å². The summed E-state index contributed by atoms with van der Waals surface area (Å²) in [4.78, 5) is 10.4. The van der Waals surface area contributed by atoms with Gasteiger partial charge in [-0.25, -0.2) is 0 Å². The molecule has 2 aromatic carbocycles. The molecule has 0 aliphatic heterocycles. The largest absolute Gasteiger partial charge is 0.316 e. The minimum absolute atomic E-state index is 0.120. The van der Waals surface area contributed by atoms with Gasteiger partial charge in [-0.3, -0.25) is 10.1 Å². The molecule has 0 bridgehead atoms. The fraction of sp³-hybridized carbons (Fsp3) is 0.0667. The monoisotopic (exact) mass is 252 g/mol. The molecular weight excluding hydrogens is 240 g/mol. The normalized spacial score (nSPS) is 10.8. The summed E-state index contributed by atoms with van der Waals surface area (Å²) in [5.41, 5.74) is 3.35. The molecular formula is C15H12N2O2. The van der Waals surface area contributed by atoms with Crippen molar-refractivity contribution in [1.29, 1.82) is 0 Å². The van der Waals surface area contributed by atoms with Crippen LogP contribution in [0.5, 0.6) is 0 Å². The van der Waals surface area contributed by atoms with Crippen LogP contribution >= 0.6 is 0 Å². The van der Waals surface area contributed by atoms with Crippen molar-refractivity contribution in [3.8, 4) is 5.69 Å². The van der Waals surface area contributed by atoms with Crippen molar-refractivity contribution in [3.05, 3.63) is 70.4 Å². The Kier molecular flexibility index (Phi) is 2.56. The van der Waals surface area contributed by atoms with Gasteiger partial charge in [0.1, 0.15) is 0 Å². The minimum atomic E-state index is -0.370. The maximum Gasteiger partial charge on any atom is 0.270 e. The molecule has 3 rings (SSSR count). The van der Waals surface area contributed by atoms with E-state index in [9.17, 15) is 10.1 Å². The molecule has 19 heavy (non-hydrogen) atoms. The van der Waals surface area contributed by atoms with Crippen LogP contribution in [0.4, 0.5) is 5.69 Å². The first kappa shape index (κ1) is 11.5. The lowest BCUT2D eigenvalue weighted by molar-refractivity contribution is -0.384. The highest BCUT2D eigenvalue weighted by atomic mass is 16.6. The SMILES string of the molecule is Cc1ccccc1-n1ccc2cc([N+](=O)[O-])ccc21. The number of aryl methyl sites for hydroxylation is 1. The van der Waals surface area contributed by atoms with Gasteiger partial charge in [0.25, 0.3) is 5.69 Å². The number of benzene rings is 2. The van der Waals surface area contributed by atoms with Crippen LogP contribution in [-0.2, 0) is 0 Å². The minimum Gasteiger partial charge on any atom is -0.316 e. The van der Waals surface area contributed by atoms with Gasteiger partial charge in [0, 0.05) is 29.4 Å². The van der Waals surface area contributed by atoms with Crippen LogP contribution in [0.25, 0.3) is 16.6 Å². The number of hydrogen-bond donors (Lipinski definition) is 0. The maximum absolute atomic E-state index is 10.8. The van der Waals surface area contributed by atoms with E-state index < -0.39 is 0 Å². The van der Waals surface area contributed by atoms with Gasteiger partial charge in [0.05, 0.1) is 10.4 Å². The van der Waals surface area contributed by atoms with E-state index in [1.54, 1.807) is 12.1 Å². The van der Waals surface area contributed by atoms with Gasteiger partial charge in [-0.15, -0.1) is 0 Å². The summed E-state index contributed by atoms with van der Waals surface area (Å²) >= 11 is 0. The average Bonchev–Trinajstić information content (AvgIpc) is 2.82. The first-order valence-corrected chi connectivity index (χ1v) is 5.98. The summed E-state index contributed by atoms with van der Waals surface area (Å²) in [7, 11) is 0. The van der Waals surface area contributed by atoms with Gasteiger partial charge in [0.15, 0.2) is 0 Å². The molecule has 0 spiro atoms. The molecule has 4 nitrogen and oxygen atoms in total. The number of rotatable bonds is 2. The molecule has 0 radical (unpaired) electrons. The first-order valence-electron chi connectivity index (χ1n) is 5.98.